The van der Waals surface area contributed by atoms with E-state index < -0.39 is 0 Å². The number of aliphatic hydroxyl groups excluding tert-OH is 1. The van der Waals surface area contributed by atoms with Gasteiger partial charge in [-0.05, 0) is 50.2 Å². The van der Waals surface area contributed by atoms with Crippen LogP contribution in [0.25, 0.3) is 0 Å². The Morgan fingerprint density at radius 1 is 1.32 bits per heavy atom. The fraction of sp³-hybridized carbons (Fsp3) is 0.647. The third kappa shape index (κ3) is 2.95. The third-order valence-electron chi connectivity index (χ3n) is 5.04. The highest BCUT2D eigenvalue weighted by atomic mass is 16.3. The van der Waals surface area contributed by atoms with E-state index in [1.165, 1.54) is 0 Å². The van der Waals surface area contributed by atoms with Crippen molar-refractivity contribution in [1.29, 1.82) is 0 Å². The van der Waals surface area contributed by atoms with Crippen LogP contribution in [0.3, 0.4) is 0 Å². The molecule has 3 rings (SSSR count). The fourth-order valence-electron chi connectivity index (χ4n) is 3.70. The molecule has 1 heterocycles. The number of aromatic amines is 1. The first-order valence-electron chi connectivity index (χ1n) is 8.25. The van der Waals surface area contributed by atoms with Gasteiger partial charge >= 0.3 is 0 Å². The molecule has 2 aliphatic rings. The molecule has 1 saturated carbocycles. The number of fused-ring (bicyclic) bond motifs is 1. The Kier molecular flexibility index (Phi) is 4.34. The SMILES string of the molecule is CN(CC1CCCC1O)C(=O)c1cc2c([nH]c1=O)CCCC2. The Morgan fingerprint density at radius 3 is 2.82 bits per heavy atom. The Bertz CT molecular complexity index is 623. The Balaban J connectivity index is 1.78. The molecule has 0 aliphatic heterocycles. The van der Waals surface area contributed by atoms with Crippen molar-refractivity contribution in [2.24, 2.45) is 5.92 Å². The number of H-pyrrole nitrogens is 1. The van der Waals surface area contributed by atoms with Crippen LogP contribution >= 0.6 is 0 Å². The van der Waals surface area contributed by atoms with Gasteiger partial charge in [-0.3, -0.25) is 9.59 Å². The van der Waals surface area contributed by atoms with E-state index in [9.17, 15) is 14.7 Å². The monoisotopic (exact) mass is 304 g/mol. The maximum absolute atomic E-state index is 12.6. The quantitative estimate of drug-likeness (QED) is 0.888. The van der Waals surface area contributed by atoms with E-state index in [2.05, 4.69) is 4.98 Å². The van der Waals surface area contributed by atoms with Gasteiger partial charge < -0.3 is 15.0 Å². The summed E-state index contributed by atoms with van der Waals surface area (Å²) in [6.45, 7) is 0.510. The summed E-state index contributed by atoms with van der Waals surface area (Å²) >= 11 is 0. The molecule has 1 fully saturated rings. The van der Waals surface area contributed by atoms with E-state index in [1.54, 1.807) is 18.0 Å². The van der Waals surface area contributed by atoms with Crippen LogP contribution in [0.2, 0.25) is 0 Å². The van der Waals surface area contributed by atoms with Crippen LogP contribution in [0.1, 0.15) is 53.7 Å². The minimum absolute atomic E-state index is 0.130. The number of carbonyl (C=O) groups excluding carboxylic acids is 1. The molecule has 0 bridgehead atoms. The second-order valence-corrected chi connectivity index (χ2v) is 6.67. The van der Waals surface area contributed by atoms with E-state index >= 15 is 0 Å². The molecule has 2 N–H and O–H groups in total. The molecule has 0 radical (unpaired) electrons. The molecule has 0 saturated heterocycles. The van der Waals surface area contributed by atoms with Crippen LogP contribution < -0.4 is 5.56 Å². The van der Waals surface area contributed by atoms with E-state index in [1.807, 2.05) is 0 Å². The highest BCUT2D eigenvalue weighted by Crippen LogP contribution is 2.26. The summed E-state index contributed by atoms with van der Waals surface area (Å²) in [5.74, 6) is -0.112. The highest BCUT2D eigenvalue weighted by molar-refractivity contribution is 5.93. The van der Waals surface area contributed by atoms with Gasteiger partial charge in [0, 0.05) is 25.2 Å². The van der Waals surface area contributed by atoms with Crippen molar-refractivity contribution in [3.63, 3.8) is 0 Å². The molecular weight excluding hydrogens is 280 g/mol. The van der Waals surface area contributed by atoms with Crippen LogP contribution in [-0.2, 0) is 12.8 Å². The average Bonchev–Trinajstić information content (AvgIpc) is 2.91. The van der Waals surface area contributed by atoms with Gasteiger partial charge in [0.05, 0.1) is 6.10 Å². The number of pyridine rings is 1. The van der Waals surface area contributed by atoms with Crippen LogP contribution in [0.15, 0.2) is 10.9 Å². The van der Waals surface area contributed by atoms with Gasteiger partial charge in [-0.15, -0.1) is 0 Å². The molecule has 1 aromatic rings. The van der Waals surface area contributed by atoms with Crippen LogP contribution in [0.4, 0.5) is 0 Å². The van der Waals surface area contributed by atoms with E-state index in [-0.39, 0.29) is 29.1 Å². The second-order valence-electron chi connectivity index (χ2n) is 6.67. The van der Waals surface area contributed by atoms with E-state index in [4.69, 9.17) is 0 Å². The van der Waals surface area contributed by atoms with Gasteiger partial charge in [-0.2, -0.15) is 0 Å². The van der Waals surface area contributed by atoms with Gasteiger partial charge in [-0.1, -0.05) is 6.42 Å². The van der Waals surface area contributed by atoms with Gasteiger partial charge in [-0.25, -0.2) is 0 Å². The zero-order valence-electron chi connectivity index (χ0n) is 13.1. The zero-order chi connectivity index (χ0) is 15.7. The number of aromatic nitrogens is 1. The minimum atomic E-state index is -0.322. The van der Waals surface area contributed by atoms with Crippen LogP contribution in [-0.4, -0.2) is 40.6 Å². The minimum Gasteiger partial charge on any atom is -0.393 e. The number of hydrogen-bond acceptors (Lipinski definition) is 3. The summed E-state index contributed by atoms with van der Waals surface area (Å²) < 4.78 is 0. The first-order chi connectivity index (χ1) is 10.6. The van der Waals surface area contributed by atoms with Gasteiger partial charge in [0.1, 0.15) is 5.56 Å². The number of aliphatic hydroxyl groups is 1. The molecule has 0 aromatic carbocycles. The Morgan fingerprint density at radius 2 is 2.09 bits per heavy atom. The number of nitrogens with one attached hydrogen (secondary N) is 1. The fourth-order valence-corrected chi connectivity index (χ4v) is 3.70. The molecule has 120 valence electrons. The number of hydrogen-bond donors (Lipinski definition) is 2. The van der Waals surface area contributed by atoms with E-state index in [0.717, 1.165) is 56.2 Å². The van der Waals surface area contributed by atoms with E-state index in [0.29, 0.717) is 6.54 Å². The molecule has 2 atom stereocenters. The Hall–Kier alpha value is -1.62. The summed E-state index contributed by atoms with van der Waals surface area (Å²) in [6, 6.07) is 1.78. The van der Waals surface area contributed by atoms with Crippen molar-refractivity contribution in [3.05, 3.63) is 33.2 Å². The summed E-state index contributed by atoms with van der Waals surface area (Å²) in [6.07, 6.45) is 6.46. The van der Waals surface area contributed by atoms with Crippen molar-refractivity contribution >= 4 is 5.91 Å². The standard InChI is InChI=1S/C17H24N2O3/c1-19(10-12-6-4-8-15(12)20)17(22)13-9-11-5-2-3-7-14(11)18-16(13)21/h9,12,15,20H,2-8,10H2,1H3,(H,18,21). The van der Waals surface area contributed by atoms with Crippen molar-refractivity contribution < 1.29 is 9.90 Å². The van der Waals surface area contributed by atoms with Crippen molar-refractivity contribution in [2.75, 3.05) is 13.6 Å². The number of nitrogens with zero attached hydrogens (tertiary/aromatic N) is 1. The largest absolute Gasteiger partial charge is 0.393 e. The number of aryl methyl sites for hydroxylation is 2. The van der Waals surface area contributed by atoms with Gasteiger partial charge in [0.15, 0.2) is 0 Å². The highest BCUT2D eigenvalue weighted by Gasteiger charge is 2.28. The number of amides is 1. The lowest BCUT2D eigenvalue weighted by Gasteiger charge is -2.24. The predicted molar refractivity (Wildman–Crippen MR) is 84.0 cm³/mol. The maximum Gasteiger partial charge on any atom is 0.261 e. The predicted octanol–water partition coefficient (Wildman–Crippen LogP) is 1.49. The lowest BCUT2D eigenvalue weighted by atomic mass is 9.95. The smallest absolute Gasteiger partial charge is 0.261 e. The molecular formula is C17H24N2O3. The van der Waals surface area contributed by atoms with Crippen molar-refractivity contribution in [1.82, 2.24) is 9.88 Å². The molecule has 1 aromatic heterocycles. The van der Waals surface area contributed by atoms with Crippen molar-refractivity contribution in [2.45, 2.75) is 51.0 Å². The normalized spacial score (nSPS) is 24.1. The number of rotatable bonds is 3. The van der Waals surface area contributed by atoms with Crippen molar-refractivity contribution in [3.8, 4) is 0 Å². The summed E-state index contributed by atoms with van der Waals surface area (Å²) in [7, 11) is 1.71. The lowest BCUT2D eigenvalue weighted by Crippen LogP contribution is -2.37. The molecule has 2 aliphatic carbocycles. The van der Waals surface area contributed by atoms with Gasteiger partial charge in [0.25, 0.3) is 11.5 Å². The summed E-state index contributed by atoms with van der Waals surface area (Å²) in [5, 5.41) is 9.90. The first kappa shape index (κ1) is 15.3. The van der Waals surface area contributed by atoms with Gasteiger partial charge in [0.2, 0.25) is 0 Å². The molecule has 0 spiro atoms. The Labute approximate surface area is 130 Å². The topological polar surface area (TPSA) is 73.4 Å². The second kappa shape index (κ2) is 6.24. The van der Waals surface area contributed by atoms with Crippen LogP contribution in [0, 0.1) is 5.92 Å². The van der Waals surface area contributed by atoms with Crippen LogP contribution in [0.5, 0.6) is 0 Å². The maximum atomic E-state index is 12.6. The average molecular weight is 304 g/mol. The molecule has 22 heavy (non-hydrogen) atoms. The lowest BCUT2D eigenvalue weighted by molar-refractivity contribution is 0.0691. The number of carbonyl (C=O) groups is 1. The molecule has 2 unspecified atom stereocenters. The molecule has 5 nitrogen and oxygen atoms in total. The first-order valence-corrected chi connectivity index (χ1v) is 8.25. The summed E-state index contributed by atoms with van der Waals surface area (Å²) in [5.41, 5.74) is 2.03. The molecule has 1 amide bonds. The zero-order valence-corrected chi connectivity index (χ0v) is 13.1. The third-order valence-corrected chi connectivity index (χ3v) is 5.04. The molecule has 5 heteroatoms. The summed E-state index contributed by atoms with van der Waals surface area (Å²) in [4.78, 5) is 29.2.